The summed E-state index contributed by atoms with van der Waals surface area (Å²) in [5.74, 6) is 0.404. The number of hydrogen-bond donors (Lipinski definition) is 0. The Morgan fingerprint density at radius 2 is 1.79 bits per heavy atom. The molecule has 2 fully saturated rings. The molecule has 0 radical (unpaired) electrons. The van der Waals surface area contributed by atoms with Crippen LogP contribution >= 0.6 is 0 Å². The van der Waals surface area contributed by atoms with Gasteiger partial charge in [-0.05, 0) is 17.9 Å². The van der Waals surface area contributed by atoms with Crippen LogP contribution in [0.4, 0.5) is 4.39 Å². The highest BCUT2D eigenvalue weighted by Gasteiger charge is 2.41. The predicted molar refractivity (Wildman–Crippen MR) is 86.5 cm³/mol. The smallest absolute Gasteiger partial charge is 0.306 e. The highest BCUT2D eigenvalue weighted by atomic mass is 19.1. The van der Waals surface area contributed by atoms with Gasteiger partial charge >= 0.3 is 5.97 Å². The summed E-state index contributed by atoms with van der Waals surface area (Å²) in [4.78, 5) is 27.4. The van der Waals surface area contributed by atoms with Crippen LogP contribution in [0.2, 0.25) is 0 Å². The van der Waals surface area contributed by atoms with E-state index in [0.717, 1.165) is 31.7 Å². The van der Waals surface area contributed by atoms with Crippen LogP contribution in [-0.4, -0.2) is 55.0 Å². The highest BCUT2D eigenvalue weighted by Crippen LogP contribution is 2.32. The van der Waals surface area contributed by atoms with Crippen LogP contribution in [-0.2, 0) is 20.9 Å². The number of esters is 1. The molecule has 0 saturated carbocycles. The van der Waals surface area contributed by atoms with Gasteiger partial charge in [0, 0.05) is 44.7 Å². The molecule has 3 rings (SSSR count). The van der Waals surface area contributed by atoms with Gasteiger partial charge in [0.05, 0.1) is 13.5 Å². The Morgan fingerprint density at radius 3 is 2.42 bits per heavy atom. The van der Waals surface area contributed by atoms with Crippen LogP contribution in [0.15, 0.2) is 24.3 Å². The Morgan fingerprint density at radius 1 is 1.12 bits per heavy atom. The van der Waals surface area contributed by atoms with E-state index in [1.807, 2.05) is 17.0 Å². The number of benzene rings is 1. The maximum Gasteiger partial charge on any atom is 0.306 e. The molecule has 2 aliphatic heterocycles. The fraction of sp³-hybridized carbons (Fsp3) is 0.556. The van der Waals surface area contributed by atoms with E-state index in [0.29, 0.717) is 18.4 Å². The average molecular weight is 334 g/mol. The van der Waals surface area contributed by atoms with Crippen molar-refractivity contribution >= 4 is 11.9 Å². The number of halogens is 1. The summed E-state index contributed by atoms with van der Waals surface area (Å²) < 4.78 is 18.3. The van der Waals surface area contributed by atoms with E-state index in [9.17, 15) is 14.0 Å². The van der Waals surface area contributed by atoms with Gasteiger partial charge in [-0.15, -0.1) is 0 Å². The number of amides is 1. The van der Waals surface area contributed by atoms with Crippen LogP contribution in [0.25, 0.3) is 0 Å². The van der Waals surface area contributed by atoms with Gasteiger partial charge in [0.2, 0.25) is 5.91 Å². The summed E-state index contributed by atoms with van der Waals surface area (Å²) in [6.45, 7) is 3.87. The number of ether oxygens (including phenoxy) is 1. The van der Waals surface area contributed by atoms with E-state index in [1.165, 1.54) is 13.2 Å². The number of hydrogen-bond acceptors (Lipinski definition) is 4. The van der Waals surface area contributed by atoms with E-state index in [4.69, 9.17) is 0 Å². The monoisotopic (exact) mass is 334 g/mol. The predicted octanol–water partition coefficient (Wildman–Crippen LogP) is 1.67. The fourth-order valence-electron chi connectivity index (χ4n) is 3.76. The largest absolute Gasteiger partial charge is 0.469 e. The standard InChI is InChI=1S/C18H23FN2O3/c1-24-18(23)7-6-17(22)21-11-14-9-20(10-15(14)12-21)8-13-4-2-3-5-16(13)19/h2-5,14-15H,6-12H2,1H3/t14-,15-/m0/s1. The molecule has 0 spiro atoms. The van der Waals surface area contributed by atoms with Gasteiger partial charge in [-0.2, -0.15) is 0 Å². The Bertz CT molecular complexity index is 608. The molecule has 5 nitrogen and oxygen atoms in total. The van der Waals surface area contributed by atoms with Crippen LogP contribution in [0, 0.1) is 17.7 Å². The topological polar surface area (TPSA) is 49.9 Å². The van der Waals surface area contributed by atoms with Crippen LogP contribution in [0.3, 0.4) is 0 Å². The molecular weight excluding hydrogens is 311 g/mol. The lowest BCUT2D eigenvalue weighted by Gasteiger charge is -2.21. The first kappa shape index (κ1) is 16.9. The van der Waals surface area contributed by atoms with Crippen molar-refractivity contribution in [1.82, 2.24) is 9.80 Å². The van der Waals surface area contributed by atoms with E-state index in [1.54, 1.807) is 6.07 Å². The number of rotatable bonds is 5. The first-order chi connectivity index (χ1) is 11.6. The first-order valence-electron chi connectivity index (χ1n) is 8.37. The Labute approximate surface area is 141 Å². The molecule has 2 saturated heterocycles. The van der Waals surface area contributed by atoms with Crippen LogP contribution < -0.4 is 0 Å². The molecular formula is C18H23FN2O3. The average Bonchev–Trinajstić information content (AvgIpc) is 3.12. The number of carbonyl (C=O) groups is 2. The zero-order valence-corrected chi connectivity index (χ0v) is 13.9. The molecule has 130 valence electrons. The van der Waals surface area contributed by atoms with Crippen molar-refractivity contribution in [2.75, 3.05) is 33.3 Å². The summed E-state index contributed by atoms with van der Waals surface area (Å²) in [7, 11) is 1.33. The lowest BCUT2D eigenvalue weighted by Crippen LogP contribution is -2.33. The molecule has 24 heavy (non-hydrogen) atoms. The summed E-state index contributed by atoms with van der Waals surface area (Å²) in [6, 6.07) is 6.88. The summed E-state index contributed by atoms with van der Waals surface area (Å²) in [5.41, 5.74) is 0.725. The zero-order valence-electron chi connectivity index (χ0n) is 13.9. The zero-order chi connectivity index (χ0) is 17.1. The third kappa shape index (κ3) is 3.75. The molecule has 1 amide bonds. The van der Waals surface area contributed by atoms with Crippen molar-refractivity contribution in [3.8, 4) is 0 Å². The lowest BCUT2D eigenvalue weighted by atomic mass is 10.0. The van der Waals surface area contributed by atoms with Crippen molar-refractivity contribution in [2.45, 2.75) is 19.4 Å². The number of fused-ring (bicyclic) bond motifs is 1. The van der Waals surface area contributed by atoms with Crippen molar-refractivity contribution in [3.05, 3.63) is 35.6 Å². The van der Waals surface area contributed by atoms with Crippen molar-refractivity contribution in [3.63, 3.8) is 0 Å². The van der Waals surface area contributed by atoms with Gasteiger partial charge in [0.1, 0.15) is 5.82 Å². The number of likely N-dealkylation sites (tertiary alicyclic amines) is 2. The fourth-order valence-corrected chi connectivity index (χ4v) is 3.76. The Kier molecular flexibility index (Phi) is 5.14. The van der Waals surface area contributed by atoms with Gasteiger partial charge < -0.3 is 9.64 Å². The van der Waals surface area contributed by atoms with E-state index in [2.05, 4.69) is 9.64 Å². The van der Waals surface area contributed by atoms with Crippen LogP contribution in [0.5, 0.6) is 0 Å². The second-order valence-corrected chi connectivity index (χ2v) is 6.68. The molecule has 1 aromatic carbocycles. The van der Waals surface area contributed by atoms with E-state index >= 15 is 0 Å². The third-order valence-corrected chi connectivity index (χ3v) is 5.04. The molecule has 0 N–H and O–H groups in total. The lowest BCUT2D eigenvalue weighted by molar-refractivity contribution is -0.143. The molecule has 2 atom stereocenters. The maximum absolute atomic E-state index is 13.8. The SMILES string of the molecule is COC(=O)CCC(=O)N1C[C@@H]2CN(Cc3ccccc3F)C[C@H]2C1. The normalized spacial score (nSPS) is 23.3. The van der Waals surface area contributed by atoms with Gasteiger partial charge in [0.15, 0.2) is 0 Å². The summed E-state index contributed by atoms with van der Waals surface area (Å²) in [5, 5.41) is 0. The Balaban J connectivity index is 1.48. The van der Waals surface area contributed by atoms with Gasteiger partial charge in [-0.25, -0.2) is 4.39 Å². The van der Waals surface area contributed by atoms with E-state index < -0.39 is 0 Å². The van der Waals surface area contributed by atoms with Gasteiger partial charge in [0.25, 0.3) is 0 Å². The summed E-state index contributed by atoms with van der Waals surface area (Å²) in [6.07, 6.45) is 0.353. The molecule has 1 aromatic rings. The first-order valence-corrected chi connectivity index (χ1v) is 8.37. The maximum atomic E-state index is 13.8. The van der Waals surface area contributed by atoms with Crippen molar-refractivity contribution in [1.29, 1.82) is 0 Å². The highest BCUT2D eigenvalue weighted by molar-refractivity contribution is 5.81. The quantitative estimate of drug-likeness (QED) is 0.769. The molecule has 6 heteroatoms. The molecule has 0 bridgehead atoms. The van der Waals surface area contributed by atoms with Gasteiger partial charge in [-0.1, -0.05) is 18.2 Å². The van der Waals surface area contributed by atoms with E-state index in [-0.39, 0.29) is 30.5 Å². The molecule has 2 heterocycles. The second-order valence-electron chi connectivity index (χ2n) is 6.68. The van der Waals surface area contributed by atoms with Crippen LogP contribution in [0.1, 0.15) is 18.4 Å². The van der Waals surface area contributed by atoms with Gasteiger partial charge in [-0.3, -0.25) is 14.5 Å². The molecule has 0 unspecified atom stereocenters. The Hall–Kier alpha value is -1.95. The van der Waals surface area contributed by atoms with Crippen molar-refractivity contribution in [2.24, 2.45) is 11.8 Å². The third-order valence-electron chi connectivity index (χ3n) is 5.04. The molecule has 0 aliphatic carbocycles. The molecule has 0 aromatic heterocycles. The number of carbonyl (C=O) groups excluding carboxylic acids is 2. The minimum absolute atomic E-state index is 0.0236. The minimum atomic E-state index is -0.348. The second kappa shape index (κ2) is 7.30. The number of methoxy groups -OCH3 is 1. The van der Waals surface area contributed by atoms with Crippen molar-refractivity contribution < 1.29 is 18.7 Å². The summed E-state index contributed by atoms with van der Waals surface area (Å²) >= 11 is 0. The molecule has 2 aliphatic rings. The number of nitrogens with zero attached hydrogens (tertiary/aromatic N) is 2. The minimum Gasteiger partial charge on any atom is -0.469 e.